The van der Waals surface area contributed by atoms with Crippen molar-refractivity contribution in [3.8, 4) is 9.88 Å². The van der Waals surface area contributed by atoms with Gasteiger partial charge in [0.05, 0.1) is 17.1 Å². The van der Waals surface area contributed by atoms with Gasteiger partial charge in [-0.25, -0.2) is 4.98 Å². The number of hydrogen-bond acceptors (Lipinski definition) is 5. The molecule has 96 valence electrons. The zero-order chi connectivity index (χ0) is 13.0. The molecule has 1 amide bonds. The summed E-state index contributed by atoms with van der Waals surface area (Å²) < 4.78 is 4.76. The molecule has 18 heavy (non-hydrogen) atoms. The van der Waals surface area contributed by atoms with E-state index < -0.39 is 0 Å². The predicted octanol–water partition coefficient (Wildman–Crippen LogP) is 2.44. The largest absolute Gasteiger partial charge is 0.375 e. The molecule has 0 bridgehead atoms. The number of carbonyl (C=O) groups is 1. The van der Waals surface area contributed by atoms with E-state index in [0.29, 0.717) is 6.54 Å². The first-order valence-corrected chi connectivity index (χ1v) is 7.16. The number of thiazole rings is 1. The van der Waals surface area contributed by atoms with Gasteiger partial charge in [-0.2, -0.15) is 0 Å². The molecule has 6 heteroatoms. The first-order valence-electron chi connectivity index (χ1n) is 5.46. The summed E-state index contributed by atoms with van der Waals surface area (Å²) in [5.74, 6) is -0.108. The number of ether oxygens (including phenoxy) is 1. The van der Waals surface area contributed by atoms with Gasteiger partial charge in [0.15, 0.2) is 0 Å². The van der Waals surface area contributed by atoms with Crippen LogP contribution < -0.4 is 5.32 Å². The third-order valence-electron chi connectivity index (χ3n) is 2.35. The number of hydrogen-bond donors (Lipinski definition) is 1. The van der Waals surface area contributed by atoms with Gasteiger partial charge in [-0.3, -0.25) is 4.79 Å². The van der Waals surface area contributed by atoms with Crippen molar-refractivity contribution in [3.05, 3.63) is 28.1 Å². The summed E-state index contributed by atoms with van der Waals surface area (Å²) in [6, 6.07) is 4.06. The Morgan fingerprint density at radius 3 is 3.06 bits per heavy atom. The van der Waals surface area contributed by atoms with Crippen LogP contribution in [0.2, 0.25) is 0 Å². The van der Waals surface area contributed by atoms with Gasteiger partial charge in [-0.05, 0) is 18.4 Å². The Bertz CT molecular complexity index is 520. The summed E-state index contributed by atoms with van der Waals surface area (Å²) in [6.07, 6.45) is 0. The van der Waals surface area contributed by atoms with Gasteiger partial charge < -0.3 is 10.1 Å². The van der Waals surface area contributed by atoms with Crippen molar-refractivity contribution in [2.24, 2.45) is 0 Å². The Morgan fingerprint density at radius 1 is 1.56 bits per heavy atom. The number of thiophene rings is 1. The van der Waals surface area contributed by atoms with Crippen LogP contribution in [0.15, 0.2) is 17.5 Å². The SMILES string of the molecule is COCC(=O)NCc1sc(-c2cccs2)nc1C. The number of aromatic nitrogens is 1. The fourth-order valence-electron chi connectivity index (χ4n) is 1.46. The molecule has 2 rings (SSSR count). The van der Waals surface area contributed by atoms with E-state index in [4.69, 9.17) is 4.74 Å². The quantitative estimate of drug-likeness (QED) is 0.916. The van der Waals surface area contributed by atoms with E-state index in [2.05, 4.69) is 16.4 Å². The lowest BCUT2D eigenvalue weighted by atomic mass is 10.4. The van der Waals surface area contributed by atoms with E-state index >= 15 is 0 Å². The average Bonchev–Trinajstić information content (AvgIpc) is 2.96. The molecule has 0 aromatic carbocycles. The maximum absolute atomic E-state index is 11.3. The highest BCUT2D eigenvalue weighted by atomic mass is 32.1. The maximum atomic E-state index is 11.3. The standard InChI is InChI=1S/C12H14N2O2S2/c1-8-10(6-13-11(15)7-16-2)18-12(14-8)9-4-3-5-17-9/h3-5H,6-7H2,1-2H3,(H,13,15). The van der Waals surface area contributed by atoms with E-state index in [0.717, 1.165) is 20.5 Å². The van der Waals surface area contributed by atoms with E-state index in [1.807, 2.05) is 18.4 Å². The maximum Gasteiger partial charge on any atom is 0.246 e. The highest BCUT2D eigenvalue weighted by molar-refractivity contribution is 7.21. The molecule has 0 aliphatic carbocycles. The third kappa shape index (κ3) is 3.16. The fourth-order valence-corrected chi connectivity index (χ4v) is 3.26. The molecular formula is C12H14N2O2S2. The van der Waals surface area contributed by atoms with Crippen LogP contribution in [-0.2, 0) is 16.1 Å². The van der Waals surface area contributed by atoms with Crippen LogP contribution in [0.5, 0.6) is 0 Å². The number of rotatable bonds is 5. The van der Waals surface area contributed by atoms with Gasteiger partial charge in [0.1, 0.15) is 11.6 Å². The summed E-state index contributed by atoms with van der Waals surface area (Å²) >= 11 is 3.29. The molecule has 2 aromatic heterocycles. The lowest BCUT2D eigenvalue weighted by Crippen LogP contribution is -2.26. The van der Waals surface area contributed by atoms with Crippen LogP contribution >= 0.6 is 22.7 Å². The summed E-state index contributed by atoms with van der Waals surface area (Å²) in [5, 5.41) is 5.86. The van der Waals surface area contributed by atoms with Crippen LogP contribution in [0, 0.1) is 6.92 Å². The van der Waals surface area contributed by atoms with Crippen LogP contribution in [0.4, 0.5) is 0 Å². The monoisotopic (exact) mass is 282 g/mol. The Balaban J connectivity index is 2.04. The lowest BCUT2D eigenvalue weighted by molar-refractivity contribution is -0.124. The smallest absolute Gasteiger partial charge is 0.246 e. The van der Waals surface area contributed by atoms with Gasteiger partial charge in [-0.15, -0.1) is 22.7 Å². The summed E-state index contributed by atoms with van der Waals surface area (Å²) in [6.45, 7) is 2.57. The van der Waals surface area contributed by atoms with Crippen LogP contribution in [0.3, 0.4) is 0 Å². The molecule has 2 heterocycles. The first-order chi connectivity index (χ1) is 8.70. The Hall–Kier alpha value is -1.24. The second kappa shape index (κ2) is 6.08. The van der Waals surface area contributed by atoms with Crippen molar-refractivity contribution in [1.82, 2.24) is 10.3 Å². The van der Waals surface area contributed by atoms with E-state index in [1.54, 1.807) is 22.7 Å². The van der Waals surface area contributed by atoms with E-state index in [-0.39, 0.29) is 12.5 Å². The van der Waals surface area contributed by atoms with E-state index in [1.165, 1.54) is 7.11 Å². The molecule has 0 saturated carbocycles. The van der Waals surface area contributed by atoms with Crippen molar-refractivity contribution in [3.63, 3.8) is 0 Å². The number of nitrogens with zero attached hydrogens (tertiary/aromatic N) is 1. The average molecular weight is 282 g/mol. The van der Waals surface area contributed by atoms with Gasteiger partial charge in [-0.1, -0.05) is 6.07 Å². The second-order valence-corrected chi connectivity index (χ2v) is 5.75. The number of aryl methyl sites for hydroxylation is 1. The number of carbonyl (C=O) groups excluding carboxylic acids is 1. The zero-order valence-electron chi connectivity index (χ0n) is 10.2. The Labute approximate surface area is 114 Å². The molecule has 0 atom stereocenters. The molecule has 4 nitrogen and oxygen atoms in total. The van der Waals surface area contributed by atoms with Crippen LogP contribution in [0.25, 0.3) is 9.88 Å². The topological polar surface area (TPSA) is 51.2 Å². The molecule has 2 aromatic rings. The molecule has 0 unspecified atom stereocenters. The van der Waals surface area contributed by atoms with Crippen molar-refractivity contribution in [1.29, 1.82) is 0 Å². The molecule has 0 aliphatic heterocycles. The Kier molecular flexibility index (Phi) is 4.46. The summed E-state index contributed by atoms with van der Waals surface area (Å²) in [5.41, 5.74) is 0.973. The minimum Gasteiger partial charge on any atom is -0.375 e. The Morgan fingerprint density at radius 2 is 2.39 bits per heavy atom. The second-order valence-electron chi connectivity index (χ2n) is 3.71. The highest BCUT2D eigenvalue weighted by Gasteiger charge is 2.10. The van der Waals surface area contributed by atoms with Crippen molar-refractivity contribution in [2.75, 3.05) is 13.7 Å². The molecule has 0 spiro atoms. The number of methoxy groups -OCH3 is 1. The van der Waals surface area contributed by atoms with Gasteiger partial charge in [0.2, 0.25) is 5.91 Å². The van der Waals surface area contributed by atoms with Crippen LogP contribution in [0.1, 0.15) is 10.6 Å². The molecule has 1 N–H and O–H groups in total. The zero-order valence-corrected chi connectivity index (χ0v) is 11.9. The number of amides is 1. The highest BCUT2D eigenvalue weighted by Crippen LogP contribution is 2.30. The number of nitrogens with one attached hydrogen (secondary N) is 1. The van der Waals surface area contributed by atoms with Crippen molar-refractivity contribution in [2.45, 2.75) is 13.5 Å². The van der Waals surface area contributed by atoms with Crippen molar-refractivity contribution >= 4 is 28.6 Å². The molecule has 0 fully saturated rings. The predicted molar refractivity (Wildman–Crippen MR) is 73.9 cm³/mol. The summed E-state index contributed by atoms with van der Waals surface area (Å²) in [4.78, 5) is 18.1. The molecular weight excluding hydrogens is 268 g/mol. The minimum atomic E-state index is -0.108. The first kappa shape index (κ1) is 13.2. The van der Waals surface area contributed by atoms with Crippen molar-refractivity contribution < 1.29 is 9.53 Å². The lowest BCUT2D eigenvalue weighted by Gasteiger charge is -2.02. The molecule has 0 radical (unpaired) electrons. The molecule has 0 saturated heterocycles. The minimum absolute atomic E-state index is 0.0929. The van der Waals surface area contributed by atoms with Crippen LogP contribution in [-0.4, -0.2) is 24.6 Å². The fraction of sp³-hybridized carbons (Fsp3) is 0.333. The normalized spacial score (nSPS) is 10.6. The summed E-state index contributed by atoms with van der Waals surface area (Å²) in [7, 11) is 1.51. The molecule has 0 aliphatic rings. The van der Waals surface area contributed by atoms with Gasteiger partial charge in [0, 0.05) is 12.0 Å². The van der Waals surface area contributed by atoms with E-state index in [9.17, 15) is 4.79 Å². The third-order valence-corrected chi connectivity index (χ3v) is 4.54. The van der Waals surface area contributed by atoms with Gasteiger partial charge in [0.25, 0.3) is 0 Å². The van der Waals surface area contributed by atoms with Gasteiger partial charge >= 0.3 is 0 Å².